The molecule has 16 heavy (non-hydrogen) atoms. The topological polar surface area (TPSA) is 55.1 Å². The zero-order valence-electron chi connectivity index (χ0n) is 10.0. The van der Waals surface area contributed by atoms with Crippen LogP contribution in [-0.2, 0) is 4.79 Å². The molecule has 0 heterocycles. The van der Waals surface area contributed by atoms with E-state index in [0.29, 0.717) is 6.42 Å². The highest BCUT2D eigenvalue weighted by atomic mass is 32.2. The van der Waals surface area contributed by atoms with Crippen molar-refractivity contribution < 1.29 is 4.79 Å². The fourth-order valence-corrected chi connectivity index (χ4v) is 1.88. The van der Waals surface area contributed by atoms with Gasteiger partial charge in [-0.3, -0.25) is 4.79 Å². The van der Waals surface area contributed by atoms with Crippen molar-refractivity contribution in [3.8, 4) is 0 Å². The van der Waals surface area contributed by atoms with E-state index in [1.54, 1.807) is 11.8 Å². The Balaban J connectivity index is 3.15. The van der Waals surface area contributed by atoms with Gasteiger partial charge in [0, 0.05) is 24.5 Å². The lowest BCUT2D eigenvalue weighted by Gasteiger charge is -2.04. The standard InChI is InChI=1S/C12H24N2OS/c1-2-10-16-11-9-14-12(15)7-5-3-4-6-8-13/h2H,1,3-11,13H2,(H,14,15). The number of amides is 1. The van der Waals surface area contributed by atoms with Crippen LogP contribution in [0.3, 0.4) is 0 Å². The van der Waals surface area contributed by atoms with Crippen LogP contribution in [0, 0.1) is 0 Å². The van der Waals surface area contributed by atoms with Gasteiger partial charge in [0.25, 0.3) is 0 Å². The molecule has 4 heteroatoms. The largest absolute Gasteiger partial charge is 0.355 e. The van der Waals surface area contributed by atoms with E-state index in [9.17, 15) is 4.79 Å². The van der Waals surface area contributed by atoms with Crippen molar-refractivity contribution >= 4 is 17.7 Å². The number of unbranched alkanes of at least 4 members (excludes halogenated alkanes) is 3. The monoisotopic (exact) mass is 244 g/mol. The quantitative estimate of drug-likeness (QED) is 0.431. The number of carbonyl (C=O) groups excluding carboxylic acids is 1. The second-order valence-corrected chi connectivity index (χ2v) is 4.82. The van der Waals surface area contributed by atoms with Gasteiger partial charge in [0.05, 0.1) is 0 Å². The Morgan fingerprint density at radius 1 is 1.31 bits per heavy atom. The zero-order chi connectivity index (χ0) is 12.1. The van der Waals surface area contributed by atoms with Crippen LogP contribution in [0.4, 0.5) is 0 Å². The Labute approximate surface area is 103 Å². The van der Waals surface area contributed by atoms with Gasteiger partial charge in [-0.2, -0.15) is 11.8 Å². The van der Waals surface area contributed by atoms with E-state index in [1.807, 2.05) is 6.08 Å². The predicted octanol–water partition coefficient (Wildman–Crippen LogP) is 1.93. The molecule has 0 aromatic carbocycles. The van der Waals surface area contributed by atoms with Crippen LogP contribution in [-0.4, -0.2) is 30.5 Å². The first kappa shape index (κ1) is 15.5. The number of rotatable bonds is 11. The molecule has 0 atom stereocenters. The lowest BCUT2D eigenvalue weighted by molar-refractivity contribution is -0.121. The number of hydrogen-bond acceptors (Lipinski definition) is 3. The molecule has 0 saturated heterocycles. The summed E-state index contributed by atoms with van der Waals surface area (Å²) < 4.78 is 0. The van der Waals surface area contributed by atoms with E-state index in [4.69, 9.17) is 5.73 Å². The van der Waals surface area contributed by atoms with Crippen molar-refractivity contribution in [1.82, 2.24) is 5.32 Å². The van der Waals surface area contributed by atoms with Crippen LogP contribution in [0.25, 0.3) is 0 Å². The summed E-state index contributed by atoms with van der Waals surface area (Å²) in [6, 6.07) is 0. The first-order chi connectivity index (χ1) is 7.81. The van der Waals surface area contributed by atoms with Crippen LogP contribution in [0.2, 0.25) is 0 Å². The fourth-order valence-electron chi connectivity index (χ4n) is 1.30. The van der Waals surface area contributed by atoms with Gasteiger partial charge in [-0.15, -0.1) is 6.58 Å². The normalized spacial score (nSPS) is 10.1. The predicted molar refractivity (Wildman–Crippen MR) is 72.7 cm³/mol. The molecular formula is C12H24N2OS. The maximum absolute atomic E-state index is 11.3. The molecule has 0 saturated carbocycles. The van der Waals surface area contributed by atoms with E-state index in [2.05, 4.69) is 11.9 Å². The van der Waals surface area contributed by atoms with Gasteiger partial charge in [0.2, 0.25) is 5.91 Å². The molecule has 0 aliphatic carbocycles. The molecule has 0 aliphatic rings. The van der Waals surface area contributed by atoms with Gasteiger partial charge in [-0.25, -0.2) is 0 Å². The molecular weight excluding hydrogens is 220 g/mol. The molecule has 94 valence electrons. The third-order valence-electron chi connectivity index (χ3n) is 2.16. The van der Waals surface area contributed by atoms with Crippen molar-refractivity contribution in [3.63, 3.8) is 0 Å². The summed E-state index contributed by atoms with van der Waals surface area (Å²) in [4.78, 5) is 11.3. The van der Waals surface area contributed by atoms with Crippen LogP contribution in [0.5, 0.6) is 0 Å². The highest BCUT2D eigenvalue weighted by Crippen LogP contribution is 2.02. The molecule has 0 rings (SSSR count). The Kier molecular flexibility index (Phi) is 12.2. The van der Waals surface area contributed by atoms with Gasteiger partial charge in [-0.05, 0) is 19.4 Å². The fraction of sp³-hybridized carbons (Fsp3) is 0.750. The molecule has 0 aliphatic heterocycles. The minimum Gasteiger partial charge on any atom is -0.355 e. The minimum absolute atomic E-state index is 0.173. The number of hydrogen-bond donors (Lipinski definition) is 2. The molecule has 1 amide bonds. The minimum atomic E-state index is 0.173. The van der Waals surface area contributed by atoms with Crippen LogP contribution in [0.15, 0.2) is 12.7 Å². The van der Waals surface area contributed by atoms with Crippen LogP contribution >= 0.6 is 11.8 Å². The van der Waals surface area contributed by atoms with Gasteiger partial charge < -0.3 is 11.1 Å². The van der Waals surface area contributed by atoms with Gasteiger partial charge in [0.1, 0.15) is 0 Å². The molecule has 0 radical (unpaired) electrons. The third kappa shape index (κ3) is 11.6. The van der Waals surface area contributed by atoms with Crippen molar-refractivity contribution in [3.05, 3.63) is 12.7 Å². The molecule has 0 aromatic rings. The number of nitrogens with one attached hydrogen (secondary N) is 1. The average molecular weight is 244 g/mol. The summed E-state index contributed by atoms with van der Waals surface area (Å²) >= 11 is 1.78. The molecule has 3 nitrogen and oxygen atoms in total. The smallest absolute Gasteiger partial charge is 0.220 e. The molecule has 0 unspecified atom stereocenters. The van der Waals surface area contributed by atoms with Crippen molar-refractivity contribution in [2.24, 2.45) is 5.73 Å². The summed E-state index contributed by atoms with van der Waals surface area (Å²) in [5.74, 6) is 2.09. The molecule has 3 N–H and O–H groups in total. The van der Waals surface area contributed by atoms with Gasteiger partial charge >= 0.3 is 0 Å². The Morgan fingerprint density at radius 2 is 2.06 bits per heavy atom. The second-order valence-electron chi connectivity index (χ2n) is 3.67. The first-order valence-corrected chi connectivity index (χ1v) is 7.12. The van der Waals surface area contributed by atoms with E-state index < -0.39 is 0 Å². The maximum Gasteiger partial charge on any atom is 0.220 e. The summed E-state index contributed by atoms with van der Waals surface area (Å²) in [5.41, 5.74) is 5.39. The highest BCUT2D eigenvalue weighted by molar-refractivity contribution is 7.99. The van der Waals surface area contributed by atoms with E-state index >= 15 is 0 Å². The Bertz CT molecular complexity index is 186. The average Bonchev–Trinajstić information content (AvgIpc) is 2.28. The van der Waals surface area contributed by atoms with Gasteiger partial charge in [0.15, 0.2) is 0 Å². The molecule has 0 aromatic heterocycles. The Hall–Kier alpha value is -0.480. The number of thioether (sulfide) groups is 1. The summed E-state index contributed by atoms with van der Waals surface area (Å²) in [5, 5.41) is 2.91. The number of nitrogens with two attached hydrogens (primary N) is 1. The summed E-state index contributed by atoms with van der Waals surface area (Å²) in [6.45, 7) is 5.16. The van der Waals surface area contributed by atoms with E-state index in [0.717, 1.165) is 50.3 Å². The Morgan fingerprint density at radius 3 is 2.75 bits per heavy atom. The van der Waals surface area contributed by atoms with Crippen molar-refractivity contribution in [1.29, 1.82) is 0 Å². The van der Waals surface area contributed by atoms with E-state index in [-0.39, 0.29) is 5.91 Å². The van der Waals surface area contributed by atoms with Crippen LogP contribution < -0.4 is 11.1 Å². The summed E-state index contributed by atoms with van der Waals surface area (Å²) in [6.07, 6.45) is 6.82. The first-order valence-electron chi connectivity index (χ1n) is 5.96. The highest BCUT2D eigenvalue weighted by Gasteiger charge is 1.99. The van der Waals surface area contributed by atoms with Gasteiger partial charge in [-0.1, -0.05) is 18.9 Å². The maximum atomic E-state index is 11.3. The zero-order valence-corrected chi connectivity index (χ0v) is 10.9. The third-order valence-corrected chi connectivity index (χ3v) is 3.13. The molecule has 0 spiro atoms. The summed E-state index contributed by atoms with van der Waals surface area (Å²) in [7, 11) is 0. The van der Waals surface area contributed by atoms with E-state index in [1.165, 1.54) is 0 Å². The second kappa shape index (κ2) is 12.6. The molecule has 0 bridgehead atoms. The van der Waals surface area contributed by atoms with Crippen LogP contribution in [0.1, 0.15) is 32.1 Å². The number of carbonyl (C=O) groups is 1. The van der Waals surface area contributed by atoms with Crippen molar-refractivity contribution in [2.45, 2.75) is 32.1 Å². The lowest BCUT2D eigenvalue weighted by Crippen LogP contribution is -2.25. The van der Waals surface area contributed by atoms with Crippen molar-refractivity contribution in [2.75, 3.05) is 24.6 Å². The SMILES string of the molecule is C=CCSCCNC(=O)CCCCCCN. The lowest BCUT2D eigenvalue weighted by atomic mass is 10.1. The molecule has 0 fully saturated rings.